The fraction of sp³-hybridized carbons (Fsp3) is 0.188. The number of urea groups is 1. The molecule has 0 aromatic carbocycles. The summed E-state index contributed by atoms with van der Waals surface area (Å²) in [5.74, 6) is 0. The van der Waals surface area contributed by atoms with Gasteiger partial charge in [0.2, 0.25) is 0 Å². The second-order valence-corrected chi connectivity index (χ2v) is 6.61. The molecule has 23 heavy (non-hydrogen) atoms. The van der Waals surface area contributed by atoms with Crippen molar-refractivity contribution >= 4 is 50.4 Å². The predicted octanol–water partition coefficient (Wildman–Crippen LogP) is 4.10. The minimum Gasteiger partial charge on any atom is -0.291 e. The second-order valence-electron chi connectivity index (χ2n) is 5.34. The zero-order valence-electron chi connectivity index (χ0n) is 12.4. The number of aryl methyl sites for hydroxylation is 1. The molecular formula is C16H13ClN4OS. The number of nitrogens with zero attached hydrogens (tertiary/aromatic N) is 4. The van der Waals surface area contributed by atoms with Gasteiger partial charge in [-0.05, 0) is 24.6 Å². The van der Waals surface area contributed by atoms with E-state index in [1.807, 2.05) is 24.4 Å². The number of hydrogen-bond acceptors (Lipinski definition) is 4. The molecule has 1 aliphatic heterocycles. The van der Waals surface area contributed by atoms with Crippen LogP contribution in [0.25, 0.3) is 10.1 Å². The first-order chi connectivity index (χ1) is 11.2. The molecule has 4 rings (SSSR count). The van der Waals surface area contributed by atoms with Gasteiger partial charge in [0.1, 0.15) is 5.15 Å². The number of thiophene rings is 1. The van der Waals surface area contributed by atoms with Crippen LogP contribution in [0.5, 0.6) is 0 Å². The number of fused-ring (bicyclic) bond motifs is 1. The molecular weight excluding hydrogens is 332 g/mol. The Morgan fingerprint density at radius 2 is 1.96 bits per heavy atom. The highest BCUT2D eigenvalue weighted by molar-refractivity contribution is 7.18. The molecule has 1 aliphatic rings. The summed E-state index contributed by atoms with van der Waals surface area (Å²) in [6.07, 6.45) is 5.15. The van der Waals surface area contributed by atoms with Crippen LogP contribution in [-0.4, -0.2) is 29.1 Å². The number of carbonyl (C=O) groups excluding carboxylic acids is 1. The van der Waals surface area contributed by atoms with E-state index in [0.717, 1.165) is 27.0 Å². The van der Waals surface area contributed by atoms with Crippen molar-refractivity contribution in [2.24, 2.45) is 0 Å². The first-order valence-electron chi connectivity index (χ1n) is 7.18. The lowest BCUT2D eigenvalue weighted by molar-refractivity contribution is 0.256. The van der Waals surface area contributed by atoms with Crippen molar-refractivity contribution in [1.82, 2.24) is 9.97 Å². The first kappa shape index (κ1) is 14.4. The minimum absolute atomic E-state index is 0.0549. The van der Waals surface area contributed by atoms with E-state index < -0.39 is 0 Å². The van der Waals surface area contributed by atoms with Crippen molar-refractivity contribution in [3.8, 4) is 0 Å². The zero-order chi connectivity index (χ0) is 16.0. The zero-order valence-corrected chi connectivity index (χ0v) is 13.9. The van der Waals surface area contributed by atoms with Crippen LogP contribution in [0.2, 0.25) is 5.15 Å². The number of amides is 2. The first-order valence-corrected chi connectivity index (χ1v) is 8.44. The standard InChI is InChI=1S/C16H13ClN4OS/c1-10-2-4-18-8-11(10)20-6-7-21(16(20)22)12-9-23-13-3-5-19-15(17)14(12)13/h2-5,8-9H,6-7H2,1H3. The molecule has 1 saturated heterocycles. The molecule has 1 fully saturated rings. The summed E-state index contributed by atoms with van der Waals surface area (Å²) in [7, 11) is 0. The molecule has 0 aliphatic carbocycles. The van der Waals surface area contributed by atoms with Gasteiger partial charge in [-0.1, -0.05) is 11.6 Å². The normalized spacial score (nSPS) is 15.0. The molecule has 0 spiro atoms. The quantitative estimate of drug-likeness (QED) is 0.657. The van der Waals surface area contributed by atoms with Crippen molar-refractivity contribution in [3.05, 3.63) is 46.8 Å². The summed E-state index contributed by atoms with van der Waals surface area (Å²) in [5.41, 5.74) is 2.71. The minimum atomic E-state index is -0.0549. The van der Waals surface area contributed by atoms with Crippen LogP contribution in [0.15, 0.2) is 36.1 Å². The molecule has 3 aromatic rings. The number of anilines is 2. The molecule has 4 heterocycles. The van der Waals surface area contributed by atoms with Crippen LogP contribution in [0.3, 0.4) is 0 Å². The molecule has 116 valence electrons. The van der Waals surface area contributed by atoms with Gasteiger partial charge in [0.15, 0.2) is 0 Å². The van der Waals surface area contributed by atoms with Gasteiger partial charge in [0.05, 0.1) is 23.0 Å². The monoisotopic (exact) mass is 344 g/mol. The average molecular weight is 345 g/mol. The Kier molecular flexibility index (Phi) is 3.43. The summed E-state index contributed by atoms with van der Waals surface area (Å²) in [6.45, 7) is 3.22. The van der Waals surface area contributed by atoms with Crippen molar-refractivity contribution in [2.75, 3.05) is 22.9 Å². The summed E-state index contributed by atoms with van der Waals surface area (Å²) in [6, 6.07) is 3.77. The van der Waals surface area contributed by atoms with E-state index in [0.29, 0.717) is 18.2 Å². The molecule has 0 saturated carbocycles. The Hall–Kier alpha value is -2.18. The van der Waals surface area contributed by atoms with E-state index in [9.17, 15) is 4.79 Å². The number of carbonyl (C=O) groups is 1. The van der Waals surface area contributed by atoms with Gasteiger partial charge in [0, 0.05) is 35.6 Å². The third-order valence-electron chi connectivity index (χ3n) is 4.02. The predicted molar refractivity (Wildman–Crippen MR) is 93.7 cm³/mol. The Labute approximate surface area is 142 Å². The van der Waals surface area contributed by atoms with Crippen LogP contribution >= 0.6 is 22.9 Å². The molecule has 2 amide bonds. The molecule has 0 bridgehead atoms. The van der Waals surface area contributed by atoms with Crippen LogP contribution in [0.1, 0.15) is 5.56 Å². The highest BCUT2D eigenvalue weighted by atomic mass is 35.5. The van der Waals surface area contributed by atoms with Crippen molar-refractivity contribution in [3.63, 3.8) is 0 Å². The van der Waals surface area contributed by atoms with Gasteiger partial charge in [-0.2, -0.15) is 0 Å². The Morgan fingerprint density at radius 3 is 2.74 bits per heavy atom. The number of aromatic nitrogens is 2. The van der Waals surface area contributed by atoms with Crippen molar-refractivity contribution in [2.45, 2.75) is 6.92 Å². The van der Waals surface area contributed by atoms with Gasteiger partial charge in [-0.3, -0.25) is 14.8 Å². The van der Waals surface area contributed by atoms with Gasteiger partial charge >= 0.3 is 6.03 Å². The van der Waals surface area contributed by atoms with E-state index >= 15 is 0 Å². The summed E-state index contributed by atoms with van der Waals surface area (Å²) < 4.78 is 1.03. The van der Waals surface area contributed by atoms with E-state index in [2.05, 4.69) is 9.97 Å². The second kappa shape index (κ2) is 5.47. The van der Waals surface area contributed by atoms with Gasteiger partial charge in [-0.25, -0.2) is 9.78 Å². The molecule has 0 atom stereocenters. The van der Waals surface area contributed by atoms with E-state index in [4.69, 9.17) is 11.6 Å². The van der Waals surface area contributed by atoms with Crippen LogP contribution in [-0.2, 0) is 0 Å². The molecule has 5 nitrogen and oxygen atoms in total. The number of hydrogen-bond donors (Lipinski definition) is 0. The van der Waals surface area contributed by atoms with Crippen molar-refractivity contribution in [1.29, 1.82) is 0 Å². The third kappa shape index (κ3) is 2.26. The van der Waals surface area contributed by atoms with Gasteiger partial charge in [0.25, 0.3) is 0 Å². The van der Waals surface area contributed by atoms with Gasteiger partial charge in [-0.15, -0.1) is 11.3 Å². The number of halogens is 1. The molecule has 0 unspecified atom stereocenters. The number of rotatable bonds is 2. The van der Waals surface area contributed by atoms with Gasteiger partial charge < -0.3 is 0 Å². The highest BCUT2D eigenvalue weighted by Crippen LogP contribution is 2.38. The third-order valence-corrected chi connectivity index (χ3v) is 5.24. The SMILES string of the molecule is Cc1ccncc1N1CCN(c2csc3ccnc(Cl)c23)C1=O. The summed E-state index contributed by atoms with van der Waals surface area (Å²) in [5, 5.41) is 3.25. The average Bonchev–Trinajstić information content (AvgIpc) is 3.12. The van der Waals surface area contributed by atoms with Crippen LogP contribution < -0.4 is 9.80 Å². The lowest BCUT2D eigenvalue weighted by Gasteiger charge is -2.19. The van der Waals surface area contributed by atoms with E-state index in [1.54, 1.807) is 39.7 Å². The Bertz CT molecular complexity index is 910. The largest absolute Gasteiger partial charge is 0.329 e. The molecule has 0 radical (unpaired) electrons. The lowest BCUT2D eigenvalue weighted by atomic mass is 10.2. The number of pyridine rings is 2. The topological polar surface area (TPSA) is 49.3 Å². The molecule has 3 aromatic heterocycles. The van der Waals surface area contributed by atoms with E-state index in [1.165, 1.54) is 0 Å². The maximum absolute atomic E-state index is 12.9. The van der Waals surface area contributed by atoms with Crippen LogP contribution in [0.4, 0.5) is 16.2 Å². The molecule has 0 N–H and O–H groups in total. The maximum Gasteiger partial charge on any atom is 0.329 e. The fourth-order valence-electron chi connectivity index (χ4n) is 2.85. The summed E-state index contributed by atoms with van der Waals surface area (Å²) >= 11 is 7.81. The van der Waals surface area contributed by atoms with Crippen LogP contribution in [0, 0.1) is 6.92 Å². The fourth-order valence-corrected chi connectivity index (χ4v) is 4.10. The highest BCUT2D eigenvalue weighted by Gasteiger charge is 2.33. The Balaban J connectivity index is 1.74. The molecule has 7 heteroatoms. The Morgan fingerprint density at radius 1 is 1.17 bits per heavy atom. The lowest BCUT2D eigenvalue weighted by Crippen LogP contribution is -2.32. The maximum atomic E-state index is 12.9. The summed E-state index contributed by atoms with van der Waals surface area (Å²) in [4.78, 5) is 24.7. The smallest absolute Gasteiger partial charge is 0.291 e. The van der Waals surface area contributed by atoms with Crippen molar-refractivity contribution < 1.29 is 4.79 Å². The van der Waals surface area contributed by atoms with E-state index in [-0.39, 0.29) is 6.03 Å².